The normalized spacial score (nSPS) is 35.0. The molecule has 28 heavy (non-hydrogen) atoms. The van der Waals surface area contributed by atoms with E-state index in [0.29, 0.717) is 0 Å². The molecule has 4 saturated carbocycles. The van der Waals surface area contributed by atoms with Crippen molar-refractivity contribution < 1.29 is 4.79 Å². The predicted molar refractivity (Wildman–Crippen MR) is 115 cm³/mol. The molecule has 0 radical (unpaired) electrons. The summed E-state index contributed by atoms with van der Waals surface area (Å²) in [5.41, 5.74) is 2.41. The summed E-state index contributed by atoms with van der Waals surface area (Å²) in [5, 5.41) is 6.92. The summed E-state index contributed by atoms with van der Waals surface area (Å²) < 4.78 is 0. The number of hydrogen-bond donors (Lipinski definition) is 2. The maximum atomic E-state index is 12.8. The Morgan fingerprint density at radius 3 is 2.11 bits per heavy atom. The van der Waals surface area contributed by atoms with Crippen LogP contribution in [0.15, 0.2) is 24.3 Å². The first-order chi connectivity index (χ1) is 13.6. The Morgan fingerprint density at radius 1 is 0.964 bits per heavy atom. The van der Waals surface area contributed by atoms with E-state index in [1.807, 2.05) is 6.92 Å². The quantitative estimate of drug-likeness (QED) is 0.786. The zero-order valence-corrected chi connectivity index (χ0v) is 17.3. The van der Waals surface area contributed by atoms with E-state index in [1.165, 1.54) is 63.5 Å². The number of anilines is 2. The molecule has 1 atom stereocenters. The Labute approximate surface area is 169 Å². The number of nitrogens with zero attached hydrogens (tertiary/aromatic N) is 1. The van der Waals surface area contributed by atoms with Crippen LogP contribution in [0.1, 0.15) is 64.7 Å². The van der Waals surface area contributed by atoms with Gasteiger partial charge < -0.3 is 15.5 Å². The molecule has 5 fully saturated rings. The van der Waals surface area contributed by atoms with Gasteiger partial charge in [0.05, 0.1) is 6.04 Å². The molecule has 4 heteroatoms. The first kappa shape index (κ1) is 18.5. The summed E-state index contributed by atoms with van der Waals surface area (Å²) in [4.78, 5) is 15.3. The second-order valence-corrected chi connectivity index (χ2v) is 10.1. The molecule has 5 aliphatic rings. The average molecular weight is 382 g/mol. The van der Waals surface area contributed by atoms with Gasteiger partial charge in [0.1, 0.15) is 0 Å². The SMILES string of the molecule is C[C@@H](NC12CC3CC(CC(C3)C1)C2)C(=O)Nc1ccc(N2CCCCC2)cc1. The molecule has 1 saturated heterocycles. The highest BCUT2D eigenvalue weighted by molar-refractivity contribution is 5.94. The van der Waals surface area contributed by atoms with Crippen molar-refractivity contribution in [3.63, 3.8) is 0 Å². The van der Waals surface area contributed by atoms with Crippen molar-refractivity contribution in [1.82, 2.24) is 5.32 Å². The van der Waals surface area contributed by atoms with Crippen molar-refractivity contribution in [3.05, 3.63) is 24.3 Å². The number of piperidine rings is 1. The van der Waals surface area contributed by atoms with Gasteiger partial charge in [0.25, 0.3) is 0 Å². The first-order valence-corrected chi connectivity index (χ1v) is 11.5. The molecule has 1 heterocycles. The fourth-order valence-electron chi connectivity index (χ4n) is 6.97. The molecule has 0 aromatic heterocycles. The molecule has 1 aromatic carbocycles. The van der Waals surface area contributed by atoms with Gasteiger partial charge >= 0.3 is 0 Å². The number of amides is 1. The van der Waals surface area contributed by atoms with Gasteiger partial charge in [-0.2, -0.15) is 0 Å². The monoisotopic (exact) mass is 381 g/mol. The summed E-state index contributed by atoms with van der Waals surface area (Å²) in [6.07, 6.45) is 12.1. The van der Waals surface area contributed by atoms with Crippen LogP contribution >= 0.6 is 0 Å². The minimum absolute atomic E-state index is 0.0986. The summed E-state index contributed by atoms with van der Waals surface area (Å²) in [7, 11) is 0. The Kier molecular flexibility index (Phi) is 4.86. The smallest absolute Gasteiger partial charge is 0.241 e. The molecule has 0 spiro atoms. The third-order valence-electron chi connectivity index (χ3n) is 7.81. The summed E-state index contributed by atoms with van der Waals surface area (Å²) in [6.45, 7) is 4.34. The van der Waals surface area contributed by atoms with Crippen LogP contribution in [0, 0.1) is 17.8 Å². The minimum Gasteiger partial charge on any atom is -0.372 e. The first-order valence-electron chi connectivity index (χ1n) is 11.5. The third-order valence-corrected chi connectivity index (χ3v) is 7.81. The Bertz CT molecular complexity index is 672. The van der Waals surface area contributed by atoms with Crippen LogP contribution in [-0.4, -0.2) is 30.6 Å². The van der Waals surface area contributed by atoms with Crippen molar-refractivity contribution in [1.29, 1.82) is 0 Å². The van der Waals surface area contributed by atoms with E-state index in [2.05, 4.69) is 39.8 Å². The van der Waals surface area contributed by atoms with Gasteiger partial charge in [-0.15, -0.1) is 0 Å². The van der Waals surface area contributed by atoms with Crippen molar-refractivity contribution in [3.8, 4) is 0 Å². The van der Waals surface area contributed by atoms with Gasteiger partial charge in [0, 0.05) is 30.0 Å². The molecular weight excluding hydrogens is 346 g/mol. The van der Waals surface area contributed by atoms with Crippen LogP contribution < -0.4 is 15.5 Å². The number of nitrogens with one attached hydrogen (secondary N) is 2. The molecule has 1 aromatic rings. The van der Waals surface area contributed by atoms with Crippen LogP contribution in [0.3, 0.4) is 0 Å². The van der Waals surface area contributed by atoms with Crippen LogP contribution in [-0.2, 0) is 4.79 Å². The third kappa shape index (κ3) is 3.68. The van der Waals surface area contributed by atoms with Crippen molar-refractivity contribution in [2.24, 2.45) is 17.8 Å². The molecule has 6 rings (SSSR count). The van der Waals surface area contributed by atoms with E-state index >= 15 is 0 Å². The number of carbonyl (C=O) groups is 1. The molecule has 4 nitrogen and oxygen atoms in total. The number of hydrogen-bond acceptors (Lipinski definition) is 3. The van der Waals surface area contributed by atoms with E-state index in [-0.39, 0.29) is 17.5 Å². The van der Waals surface area contributed by atoms with Gasteiger partial charge in [0.15, 0.2) is 0 Å². The molecular formula is C24H35N3O. The van der Waals surface area contributed by atoms with Gasteiger partial charge in [-0.05, 0) is 107 Å². The summed E-state index contributed by atoms with van der Waals surface area (Å²) >= 11 is 0. The Hall–Kier alpha value is -1.55. The fourth-order valence-corrected chi connectivity index (χ4v) is 6.97. The highest BCUT2D eigenvalue weighted by atomic mass is 16.2. The zero-order valence-electron chi connectivity index (χ0n) is 17.3. The molecule has 0 unspecified atom stereocenters. The minimum atomic E-state index is -0.141. The molecule has 4 aliphatic carbocycles. The fraction of sp³-hybridized carbons (Fsp3) is 0.708. The van der Waals surface area contributed by atoms with Crippen LogP contribution in [0.2, 0.25) is 0 Å². The molecule has 1 amide bonds. The van der Waals surface area contributed by atoms with E-state index in [4.69, 9.17) is 0 Å². The standard InChI is InChI=1S/C24H35N3O/c1-17(26-24-14-18-11-19(15-24)13-20(12-18)16-24)23(28)25-21-5-7-22(8-6-21)27-9-3-2-4-10-27/h5-8,17-20,26H,2-4,9-16H2,1H3,(H,25,28)/t17-,18?,19?,20?,24?/m1/s1. The largest absolute Gasteiger partial charge is 0.372 e. The molecule has 152 valence electrons. The molecule has 1 aliphatic heterocycles. The number of benzene rings is 1. The summed E-state index contributed by atoms with van der Waals surface area (Å²) in [5.74, 6) is 2.80. The maximum Gasteiger partial charge on any atom is 0.241 e. The number of rotatable bonds is 5. The van der Waals surface area contributed by atoms with Gasteiger partial charge in [-0.3, -0.25) is 4.79 Å². The topological polar surface area (TPSA) is 44.4 Å². The van der Waals surface area contributed by atoms with Crippen LogP contribution in [0.25, 0.3) is 0 Å². The zero-order chi connectivity index (χ0) is 19.1. The highest BCUT2D eigenvalue weighted by Crippen LogP contribution is 2.55. The molecule has 4 bridgehead atoms. The van der Waals surface area contributed by atoms with Crippen molar-refractivity contribution in [2.75, 3.05) is 23.3 Å². The van der Waals surface area contributed by atoms with E-state index in [0.717, 1.165) is 36.5 Å². The lowest BCUT2D eigenvalue weighted by Gasteiger charge is -2.57. The Morgan fingerprint density at radius 2 is 1.54 bits per heavy atom. The second-order valence-electron chi connectivity index (χ2n) is 10.1. The second kappa shape index (κ2) is 7.37. The molecule has 2 N–H and O–H groups in total. The number of carbonyl (C=O) groups excluding carboxylic acids is 1. The van der Waals surface area contributed by atoms with E-state index < -0.39 is 0 Å². The average Bonchev–Trinajstić information content (AvgIpc) is 2.68. The lowest BCUT2D eigenvalue weighted by Crippen LogP contribution is -2.62. The predicted octanol–water partition coefficient (Wildman–Crippen LogP) is 4.56. The van der Waals surface area contributed by atoms with Gasteiger partial charge in [0.2, 0.25) is 5.91 Å². The maximum absolute atomic E-state index is 12.8. The Balaban J connectivity index is 1.18. The lowest BCUT2D eigenvalue weighted by molar-refractivity contribution is -0.119. The van der Waals surface area contributed by atoms with Gasteiger partial charge in [-0.25, -0.2) is 0 Å². The van der Waals surface area contributed by atoms with Gasteiger partial charge in [-0.1, -0.05) is 0 Å². The van der Waals surface area contributed by atoms with Crippen LogP contribution in [0.4, 0.5) is 11.4 Å². The van der Waals surface area contributed by atoms with Crippen LogP contribution in [0.5, 0.6) is 0 Å². The van der Waals surface area contributed by atoms with Crippen molar-refractivity contribution in [2.45, 2.75) is 76.3 Å². The lowest BCUT2D eigenvalue weighted by atomic mass is 9.53. The van der Waals surface area contributed by atoms with Crippen molar-refractivity contribution >= 4 is 17.3 Å². The summed E-state index contributed by atoms with van der Waals surface area (Å²) in [6, 6.07) is 8.27. The van der Waals surface area contributed by atoms with E-state index in [9.17, 15) is 4.79 Å². The van der Waals surface area contributed by atoms with E-state index in [1.54, 1.807) is 0 Å². The highest BCUT2D eigenvalue weighted by Gasteiger charge is 2.51.